The maximum Gasteiger partial charge on any atom is 0.288 e. The fourth-order valence-corrected chi connectivity index (χ4v) is 1.41. The third kappa shape index (κ3) is 2.40. The summed E-state index contributed by atoms with van der Waals surface area (Å²) in [4.78, 5) is 10.2. The first-order chi connectivity index (χ1) is 7.81. The van der Waals surface area contributed by atoms with E-state index in [2.05, 4.69) is 0 Å². The highest BCUT2D eigenvalue weighted by molar-refractivity contribution is 5.60. The Labute approximate surface area is 99.1 Å². The molecule has 0 N–H and O–H groups in total. The van der Waals surface area contributed by atoms with Gasteiger partial charge in [0.05, 0.1) is 10.5 Å². The molecule has 1 rings (SSSR count). The highest BCUT2D eigenvalue weighted by Gasteiger charge is 2.24. The Morgan fingerprint density at radius 2 is 1.82 bits per heavy atom. The van der Waals surface area contributed by atoms with Crippen molar-refractivity contribution < 1.29 is 4.92 Å². The molecule has 1 aromatic carbocycles. The summed E-state index contributed by atoms with van der Waals surface area (Å²) >= 11 is 0. The van der Waals surface area contributed by atoms with Crippen LogP contribution in [0.25, 0.3) is 0 Å². The van der Waals surface area contributed by atoms with Crippen molar-refractivity contribution in [1.29, 1.82) is 10.5 Å². The molecule has 0 aliphatic heterocycles. The maximum atomic E-state index is 10.9. The molecule has 0 saturated heterocycles. The van der Waals surface area contributed by atoms with Crippen LogP contribution in [0.1, 0.15) is 37.5 Å². The number of nitro benzene ring substituents is 1. The summed E-state index contributed by atoms with van der Waals surface area (Å²) in [7, 11) is 0. The molecule has 5 heteroatoms. The van der Waals surface area contributed by atoms with Crippen LogP contribution in [0.4, 0.5) is 5.69 Å². The molecular weight excluding hydrogens is 218 g/mol. The Morgan fingerprint density at radius 3 is 2.18 bits per heavy atom. The van der Waals surface area contributed by atoms with E-state index in [-0.39, 0.29) is 22.2 Å². The summed E-state index contributed by atoms with van der Waals surface area (Å²) in [6.45, 7) is 5.66. The lowest BCUT2D eigenvalue weighted by atomic mass is 9.85. The second-order valence-electron chi connectivity index (χ2n) is 4.65. The van der Waals surface area contributed by atoms with Crippen molar-refractivity contribution in [2.75, 3.05) is 0 Å². The van der Waals surface area contributed by atoms with Crippen LogP contribution in [0.2, 0.25) is 0 Å². The summed E-state index contributed by atoms with van der Waals surface area (Å²) in [5, 5.41) is 28.7. The molecule has 0 bridgehead atoms. The maximum absolute atomic E-state index is 10.9. The average molecular weight is 229 g/mol. The fourth-order valence-electron chi connectivity index (χ4n) is 1.41. The number of nitrogens with zero attached hydrogens (tertiary/aromatic N) is 3. The predicted octanol–water partition coefficient (Wildman–Crippen LogP) is 2.64. The van der Waals surface area contributed by atoms with Gasteiger partial charge >= 0.3 is 0 Å². The lowest BCUT2D eigenvalue weighted by Gasteiger charge is -2.19. The standard InChI is InChI=1S/C12H11N3O2/c1-12(2,3)9-4-8(6-13)10(7-14)11(5-9)15(16)17/h4-5H,1-3H3. The summed E-state index contributed by atoms with van der Waals surface area (Å²) < 4.78 is 0. The highest BCUT2D eigenvalue weighted by Crippen LogP contribution is 2.30. The minimum Gasteiger partial charge on any atom is -0.258 e. The van der Waals surface area contributed by atoms with Crippen molar-refractivity contribution in [3.8, 4) is 12.1 Å². The lowest BCUT2D eigenvalue weighted by Crippen LogP contribution is -2.12. The molecule has 0 radical (unpaired) electrons. The van der Waals surface area contributed by atoms with Crippen molar-refractivity contribution in [3.05, 3.63) is 38.9 Å². The molecule has 0 atom stereocenters. The first-order valence-electron chi connectivity index (χ1n) is 4.94. The number of rotatable bonds is 1. The van der Waals surface area contributed by atoms with Crippen LogP contribution >= 0.6 is 0 Å². The molecule has 86 valence electrons. The van der Waals surface area contributed by atoms with Crippen LogP contribution < -0.4 is 0 Å². The number of nitriles is 2. The van der Waals surface area contributed by atoms with Crippen molar-refractivity contribution in [3.63, 3.8) is 0 Å². The van der Waals surface area contributed by atoms with Gasteiger partial charge in [0.2, 0.25) is 0 Å². The topological polar surface area (TPSA) is 90.7 Å². The van der Waals surface area contributed by atoms with Gasteiger partial charge in [-0.15, -0.1) is 0 Å². The Bertz CT molecular complexity index is 557. The molecule has 0 aromatic heterocycles. The predicted molar refractivity (Wildman–Crippen MR) is 61.2 cm³/mol. The molecule has 0 saturated carbocycles. The lowest BCUT2D eigenvalue weighted by molar-refractivity contribution is -0.385. The zero-order valence-electron chi connectivity index (χ0n) is 9.81. The van der Waals surface area contributed by atoms with Crippen LogP contribution in [0.15, 0.2) is 12.1 Å². The quantitative estimate of drug-likeness (QED) is 0.546. The molecule has 5 nitrogen and oxygen atoms in total. The SMILES string of the molecule is CC(C)(C)c1cc(C#N)c(C#N)c([N+](=O)[O-])c1. The summed E-state index contributed by atoms with van der Waals surface area (Å²) in [6.07, 6.45) is 0. The third-order valence-corrected chi connectivity index (χ3v) is 2.41. The first kappa shape index (κ1) is 12.7. The number of benzene rings is 1. The van der Waals surface area contributed by atoms with E-state index in [0.29, 0.717) is 5.56 Å². The monoisotopic (exact) mass is 229 g/mol. The minimum atomic E-state index is -0.630. The Hall–Kier alpha value is -2.40. The van der Waals surface area contributed by atoms with Crippen molar-refractivity contribution in [1.82, 2.24) is 0 Å². The van der Waals surface area contributed by atoms with E-state index in [1.54, 1.807) is 6.07 Å². The molecule has 0 aliphatic rings. The average Bonchev–Trinajstić information content (AvgIpc) is 2.25. The molecule has 0 aliphatic carbocycles. The third-order valence-electron chi connectivity index (χ3n) is 2.41. The number of nitro groups is 1. The second-order valence-corrected chi connectivity index (χ2v) is 4.65. The number of hydrogen-bond acceptors (Lipinski definition) is 4. The normalized spacial score (nSPS) is 10.4. The smallest absolute Gasteiger partial charge is 0.258 e. The minimum absolute atomic E-state index is 0.0478. The van der Waals surface area contributed by atoms with E-state index in [9.17, 15) is 10.1 Å². The highest BCUT2D eigenvalue weighted by atomic mass is 16.6. The largest absolute Gasteiger partial charge is 0.288 e. The van der Waals surface area contributed by atoms with Crippen LogP contribution in [0, 0.1) is 32.8 Å². The van der Waals surface area contributed by atoms with E-state index < -0.39 is 4.92 Å². The molecule has 0 heterocycles. The van der Waals surface area contributed by atoms with Crippen molar-refractivity contribution in [2.24, 2.45) is 0 Å². The second kappa shape index (κ2) is 4.23. The van der Waals surface area contributed by atoms with Crippen molar-refractivity contribution >= 4 is 5.69 Å². The molecule has 0 spiro atoms. The van der Waals surface area contributed by atoms with Gasteiger partial charge < -0.3 is 0 Å². The van der Waals surface area contributed by atoms with E-state index in [1.165, 1.54) is 12.1 Å². The summed E-state index contributed by atoms with van der Waals surface area (Å²) in [6, 6.07) is 6.43. The molecular formula is C12H11N3O2. The number of hydrogen-bond donors (Lipinski definition) is 0. The molecule has 17 heavy (non-hydrogen) atoms. The van der Waals surface area contributed by atoms with Crippen LogP contribution in [-0.2, 0) is 5.41 Å². The molecule has 1 aromatic rings. The van der Waals surface area contributed by atoms with Crippen LogP contribution in [0.5, 0.6) is 0 Å². The van der Waals surface area contributed by atoms with Crippen LogP contribution in [0.3, 0.4) is 0 Å². The molecule has 0 fully saturated rings. The van der Waals surface area contributed by atoms with Gasteiger partial charge in [-0.3, -0.25) is 10.1 Å². The van der Waals surface area contributed by atoms with Crippen molar-refractivity contribution in [2.45, 2.75) is 26.2 Å². The fraction of sp³-hybridized carbons (Fsp3) is 0.333. The van der Waals surface area contributed by atoms with E-state index in [0.717, 1.165) is 0 Å². The van der Waals surface area contributed by atoms with Gasteiger partial charge in [-0.25, -0.2) is 0 Å². The van der Waals surface area contributed by atoms with Gasteiger partial charge in [-0.2, -0.15) is 10.5 Å². The van der Waals surface area contributed by atoms with E-state index in [1.807, 2.05) is 26.8 Å². The van der Waals surface area contributed by atoms with Gasteiger partial charge in [0, 0.05) is 6.07 Å². The van der Waals surface area contributed by atoms with Gasteiger partial charge in [0.1, 0.15) is 17.7 Å². The van der Waals surface area contributed by atoms with E-state index in [4.69, 9.17) is 10.5 Å². The Kier molecular flexibility index (Phi) is 3.15. The van der Waals surface area contributed by atoms with Gasteiger partial charge in [-0.05, 0) is 17.0 Å². The summed E-state index contributed by atoms with van der Waals surface area (Å²) in [5.41, 5.74) is -0.0852. The van der Waals surface area contributed by atoms with Gasteiger partial charge in [-0.1, -0.05) is 20.8 Å². The van der Waals surface area contributed by atoms with Gasteiger partial charge in [0.15, 0.2) is 0 Å². The van der Waals surface area contributed by atoms with Crippen LogP contribution in [-0.4, -0.2) is 4.92 Å². The molecule has 0 unspecified atom stereocenters. The first-order valence-corrected chi connectivity index (χ1v) is 4.94. The van der Waals surface area contributed by atoms with E-state index >= 15 is 0 Å². The summed E-state index contributed by atoms with van der Waals surface area (Å²) in [5.74, 6) is 0. The zero-order valence-corrected chi connectivity index (χ0v) is 9.81. The Morgan fingerprint density at radius 1 is 1.24 bits per heavy atom. The Balaban J connectivity index is 3.66. The molecule has 0 amide bonds. The van der Waals surface area contributed by atoms with Gasteiger partial charge in [0.25, 0.3) is 5.69 Å². The zero-order chi connectivity index (χ0) is 13.2.